The first-order valence-corrected chi connectivity index (χ1v) is 14.4. The molecule has 1 unspecified atom stereocenters. The van der Waals surface area contributed by atoms with Crippen LogP contribution in [0.15, 0.2) is 36.7 Å². The summed E-state index contributed by atoms with van der Waals surface area (Å²) in [5, 5.41) is 24.9. The number of nitrogens with one attached hydrogen (secondary N) is 1. The van der Waals surface area contributed by atoms with Crippen LogP contribution >= 0.6 is 7.75 Å². The molecule has 0 bridgehead atoms. The predicted molar refractivity (Wildman–Crippen MR) is 147 cm³/mol. The molecule has 14 nitrogen and oxygen atoms in total. The number of hydrogen-bond acceptors (Lipinski definition) is 12. The minimum Gasteiger partial charge on any atom is -0.462 e. The van der Waals surface area contributed by atoms with Crippen molar-refractivity contribution in [1.29, 1.82) is 0 Å². The van der Waals surface area contributed by atoms with Gasteiger partial charge in [0.15, 0.2) is 17.5 Å². The number of carbonyl (C=O) groups excluding carboxylic acids is 1. The first kappa shape index (κ1) is 30.4. The highest BCUT2D eigenvalue weighted by Gasteiger charge is 2.56. The Hall–Kier alpha value is -3.57. The molecule has 41 heavy (non-hydrogen) atoms. The van der Waals surface area contributed by atoms with E-state index in [-0.39, 0.29) is 17.3 Å². The number of terminal acetylenes is 1. The summed E-state index contributed by atoms with van der Waals surface area (Å²) in [7, 11) is -4.29. The van der Waals surface area contributed by atoms with Crippen molar-refractivity contribution in [1.82, 2.24) is 24.6 Å². The van der Waals surface area contributed by atoms with Gasteiger partial charge in [0.1, 0.15) is 29.5 Å². The summed E-state index contributed by atoms with van der Waals surface area (Å²) >= 11 is 0. The summed E-state index contributed by atoms with van der Waals surface area (Å²) in [6.07, 6.45) is 2.73. The maximum Gasteiger partial charge on any atom is 0.459 e. The number of fused-ring (bicyclic) bond motifs is 1. The highest BCUT2D eigenvalue weighted by molar-refractivity contribution is 7.52. The van der Waals surface area contributed by atoms with Crippen molar-refractivity contribution < 1.29 is 38.1 Å². The number of ether oxygens (including phenoxy) is 2. The highest BCUT2D eigenvalue weighted by atomic mass is 31.2. The van der Waals surface area contributed by atoms with Crippen LogP contribution in [0, 0.1) is 12.3 Å². The zero-order chi connectivity index (χ0) is 29.9. The molecular weight excluding hydrogens is 555 g/mol. The monoisotopic (exact) mass is 588 g/mol. The lowest BCUT2D eigenvalue weighted by Gasteiger charge is -2.26. The van der Waals surface area contributed by atoms with Crippen LogP contribution < -0.4 is 15.3 Å². The van der Waals surface area contributed by atoms with Crippen molar-refractivity contribution in [3.8, 4) is 18.1 Å². The van der Waals surface area contributed by atoms with Gasteiger partial charge in [-0.2, -0.15) is 10.1 Å². The molecule has 3 aromatic rings. The summed E-state index contributed by atoms with van der Waals surface area (Å²) in [6.45, 7) is 6.10. The highest BCUT2D eigenvalue weighted by Crippen LogP contribution is 2.47. The summed E-state index contributed by atoms with van der Waals surface area (Å²) in [5.41, 5.74) is 4.83. The van der Waals surface area contributed by atoms with Crippen LogP contribution in [-0.2, 0) is 29.8 Å². The average Bonchev–Trinajstić information content (AvgIpc) is 3.45. The number of nitrogen functional groups attached to an aromatic ring is 1. The number of aliphatic hydroxyl groups excluding tert-OH is 1. The van der Waals surface area contributed by atoms with Crippen LogP contribution in [0.2, 0.25) is 0 Å². The summed E-state index contributed by atoms with van der Waals surface area (Å²) in [5.74, 6) is 1.68. The molecule has 6 atom stereocenters. The summed E-state index contributed by atoms with van der Waals surface area (Å²) in [4.78, 5) is 25.1. The van der Waals surface area contributed by atoms with Crippen molar-refractivity contribution in [2.75, 3.05) is 12.3 Å². The van der Waals surface area contributed by atoms with Crippen LogP contribution in [0.5, 0.6) is 5.75 Å². The molecule has 3 heterocycles. The van der Waals surface area contributed by atoms with Gasteiger partial charge >= 0.3 is 13.7 Å². The quantitative estimate of drug-likeness (QED) is 0.144. The van der Waals surface area contributed by atoms with E-state index < -0.39 is 56.5 Å². The van der Waals surface area contributed by atoms with Crippen LogP contribution in [0.1, 0.15) is 39.6 Å². The zero-order valence-corrected chi connectivity index (χ0v) is 23.9. The number of nitrogens with two attached hydrogens (primary N) is 1. The van der Waals surface area contributed by atoms with E-state index in [0.717, 1.165) is 0 Å². The second-order valence-corrected chi connectivity index (χ2v) is 11.4. The van der Waals surface area contributed by atoms with Crippen LogP contribution in [0.25, 0.3) is 11.2 Å². The lowest BCUT2D eigenvalue weighted by molar-refractivity contribution is -0.149. The molecule has 2 aromatic heterocycles. The van der Waals surface area contributed by atoms with E-state index >= 15 is 0 Å². The Morgan fingerprint density at radius 2 is 2.02 bits per heavy atom. The number of aliphatic hydroxyl groups is 2. The van der Waals surface area contributed by atoms with Crippen LogP contribution in [-0.4, -0.2) is 72.3 Å². The van der Waals surface area contributed by atoms with Gasteiger partial charge in [-0.3, -0.25) is 13.9 Å². The van der Waals surface area contributed by atoms with Gasteiger partial charge in [0.2, 0.25) is 5.95 Å². The minimum atomic E-state index is -4.29. The van der Waals surface area contributed by atoms with Crippen molar-refractivity contribution >= 4 is 30.8 Å². The molecule has 0 radical (unpaired) electrons. The van der Waals surface area contributed by atoms with Gasteiger partial charge < -0.3 is 29.9 Å². The minimum absolute atomic E-state index is 0.0195. The largest absolute Gasteiger partial charge is 0.462 e. The standard InChI is InChI=1S/C26H33N6O8P/c1-6-18-20-22(30-25(27)29-18)32(14-28-20)24-26(35,7-2)21(33)19(39-24)13-37-41(36,40-17-11-9-8-10-12-17)31-16(5)23(34)38-15(3)4/h2,8-12,14-16,19,21,24,33,35H,6,13H2,1,3-5H3,(H,31,36)(H2,27,29,30)/t16-,19+,21+,24+,26+,41?/m0/s1. The number of carbonyl (C=O) groups is 1. The number of aryl methyl sites for hydroxylation is 1. The van der Waals surface area contributed by atoms with Gasteiger partial charge in [0.25, 0.3) is 0 Å². The van der Waals surface area contributed by atoms with Crippen LogP contribution in [0.3, 0.4) is 0 Å². The lowest BCUT2D eigenvalue weighted by Crippen LogP contribution is -2.46. The maximum atomic E-state index is 13.8. The van der Waals surface area contributed by atoms with Gasteiger partial charge in [-0.25, -0.2) is 14.5 Å². The first-order valence-electron chi connectivity index (χ1n) is 12.9. The number of para-hydroxylation sites is 1. The summed E-state index contributed by atoms with van der Waals surface area (Å²) < 4.78 is 37.6. The van der Waals surface area contributed by atoms with E-state index in [0.29, 0.717) is 17.6 Å². The molecule has 1 aliphatic rings. The third-order valence-corrected chi connectivity index (χ3v) is 7.89. The number of rotatable bonds is 11. The SMILES string of the molecule is C#C[C@@]1(O)[C@H](O)[C@@H](COP(=O)(N[C@@H](C)C(=O)OC(C)C)Oc2ccccc2)O[C@H]1n1cnc2c(CC)nc(N)nc21. The van der Waals surface area contributed by atoms with Gasteiger partial charge in [0.05, 0.1) is 24.7 Å². The summed E-state index contributed by atoms with van der Waals surface area (Å²) in [6, 6.07) is 7.06. The van der Waals surface area contributed by atoms with Crippen molar-refractivity contribution in [3.05, 3.63) is 42.4 Å². The Bertz CT molecular complexity index is 1480. The van der Waals surface area contributed by atoms with Crippen LogP contribution in [0.4, 0.5) is 5.95 Å². The van der Waals surface area contributed by atoms with E-state index in [4.69, 9.17) is 30.7 Å². The van der Waals surface area contributed by atoms with Crippen molar-refractivity contribution in [2.24, 2.45) is 0 Å². The number of imidazole rings is 1. The van der Waals surface area contributed by atoms with Gasteiger partial charge in [0, 0.05) is 0 Å². The van der Waals surface area contributed by atoms with Gasteiger partial charge in [-0.05, 0) is 39.3 Å². The molecule has 1 aromatic carbocycles. The molecule has 1 aliphatic heterocycles. The first-order chi connectivity index (χ1) is 19.4. The number of hydrogen-bond donors (Lipinski definition) is 4. The Balaban J connectivity index is 1.60. The van der Waals surface area contributed by atoms with Gasteiger partial charge in [-0.15, -0.1) is 6.42 Å². The molecule has 0 spiro atoms. The molecule has 0 saturated carbocycles. The number of benzene rings is 1. The maximum absolute atomic E-state index is 13.8. The van der Waals surface area contributed by atoms with E-state index in [9.17, 15) is 19.6 Å². The fraction of sp³-hybridized carbons (Fsp3) is 0.462. The molecule has 1 fully saturated rings. The second-order valence-electron chi connectivity index (χ2n) is 9.68. The van der Waals surface area contributed by atoms with E-state index in [1.807, 2.05) is 6.92 Å². The Morgan fingerprint density at radius 1 is 1.32 bits per heavy atom. The topological polar surface area (TPSA) is 193 Å². The Kier molecular flexibility index (Phi) is 8.98. The van der Waals surface area contributed by atoms with E-state index in [2.05, 4.69) is 26.0 Å². The number of anilines is 1. The van der Waals surface area contributed by atoms with Crippen molar-refractivity contribution in [2.45, 2.75) is 70.3 Å². The molecule has 0 amide bonds. The van der Waals surface area contributed by atoms with Crippen molar-refractivity contribution in [3.63, 3.8) is 0 Å². The third kappa shape index (κ3) is 6.36. The Labute approximate surface area is 236 Å². The molecule has 4 rings (SSSR count). The fourth-order valence-electron chi connectivity index (χ4n) is 4.26. The molecule has 15 heteroatoms. The molecular formula is C26H33N6O8P. The number of aromatic nitrogens is 4. The second kappa shape index (κ2) is 12.1. The molecule has 5 N–H and O–H groups in total. The van der Waals surface area contributed by atoms with E-state index in [1.54, 1.807) is 44.2 Å². The predicted octanol–water partition coefficient (Wildman–Crippen LogP) is 1.73. The normalized spacial score (nSPS) is 24.6. The molecule has 1 saturated heterocycles. The molecule has 0 aliphatic carbocycles. The Morgan fingerprint density at radius 3 is 2.66 bits per heavy atom. The fourth-order valence-corrected chi connectivity index (χ4v) is 5.76. The number of nitrogens with zero attached hydrogens (tertiary/aromatic N) is 4. The van der Waals surface area contributed by atoms with Gasteiger partial charge in [-0.1, -0.05) is 31.0 Å². The zero-order valence-electron chi connectivity index (χ0n) is 23.0. The molecule has 220 valence electrons. The lowest BCUT2D eigenvalue weighted by atomic mass is 9.95. The smallest absolute Gasteiger partial charge is 0.459 e. The average molecular weight is 589 g/mol. The number of esters is 1. The third-order valence-electron chi connectivity index (χ3n) is 6.25. The van der Waals surface area contributed by atoms with E-state index in [1.165, 1.54) is 17.8 Å².